The number of hydrogen-bond donors (Lipinski definition) is 0. The molecule has 0 bridgehead atoms. The highest BCUT2D eigenvalue weighted by atomic mass is 32.2. The molecule has 4 rings (SSSR count). The van der Waals surface area contributed by atoms with Crippen molar-refractivity contribution in [3.63, 3.8) is 0 Å². The van der Waals surface area contributed by atoms with E-state index in [1.165, 1.54) is 28.4 Å². The van der Waals surface area contributed by atoms with Crippen LogP contribution in [0.3, 0.4) is 0 Å². The molecule has 2 atom stereocenters. The van der Waals surface area contributed by atoms with E-state index in [0.29, 0.717) is 6.61 Å². The Balaban J connectivity index is 1.49. The van der Waals surface area contributed by atoms with Crippen LogP contribution in [-0.2, 0) is 34.0 Å². The molecule has 1 aliphatic carbocycles. The quantitative estimate of drug-likeness (QED) is 0.752. The molecule has 0 radical (unpaired) electrons. The first-order valence-electron chi connectivity index (χ1n) is 9.20. The van der Waals surface area contributed by atoms with Gasteiger partial charge in [-0.3, -0.25) is 9.80 Å². The Morgan fingerprint density at radius 2 is 1.88 bits per heavy atom. The fourth-order valence-electron chi connectivity index (χ4n) is 4.43. The van der Waals surface area contributed by atoms with Gasteiger partial charge in [-0.25, -0.2) is 13.4 Å². The summed E-state index contributed by atoms with van der Waals surface area (Å²) in [5, 5.41) is 1.17. The molecule has 3 heterocycles. The van der Waals surface area contributed by atoms with E-state index in [0.717, 1.165) is 39.0 Å². The number of piperazine rings is 1. The normalized spacial score (nSPS) is 29.5. The highest BCUT2D eigenvalue weighted by molar-refractivity contribution is 7.91. The summed E-state index contributed by atoms with van der Waals surface area (Å²) in [6, 6.07) is 0.194. The largest absolute Gasteiger partial charge is 0.383 e. The first-order chi connectivity index (χ1) is 12.1. The van der Waals surface area contributed by atoms with E-state index in [1.54, 1.807) is 7.11 Å². The van der Waals surface area contributed by atoms with Gasteiger partial charge in [0, 0.05) is 43.7 Å². The molecular formula is C17H27N3O3S2. The molecule has 6 nitrogen and oxygen atoms in total. The van der Waals surface area contributed by atoms with E-state index in [4.69, 9.17) is 9.72 Å². The first kappa shape index (κ1) is 17.9. The van der Waals surface area contributed by atoms with Crippen LogP contribution in [0.25, 0.3) is 0 Å². The maximum absolute atomic E-state index is 12.3. The van der Waals surface area contributed by atoms with Crippen molar-refractivity contribution in [1.29, 1.82) is 0 Å². The van der Waals surface area contributed by atoms with Crippen molar-refractivity contribution >= 4 is 21.2 Å². The van der Waals surface area contributed by atoms with E-state index in [1.807, 2.05) is 11.3 Å². The summed E-state index contributed by atoms with van der Waals surface area (Å²) < 4.78 is 29.8. The minimum absolute atomic E-state index is 0.0940. The molecule has 0 spiro atoms. The van der Waals surface area contributed by atoms with E-state index in [2.05, 4.69) is 9.80 Å². The van der Waals surface area contributed by atoms with Gasteiger partial charge in [0.15, 0.2) is 9.84 Å². The van der Waals surface area contributed by atoms with Crippen LogP contribution in [0, 0.1) is 0 Å². The van der Waals surface area contributed by atoms with Crippen LogP contribution in [-0.4, -0.2) is 80.1 Å². The number of nitrogens with zero attached hydrogens (tertiary/aromatic N) is 3. The van der Waals surface area contributed by atoms with Crippen LogP contribution in [0.2, 0.25) is 0 Å². The molecular weight excluding hydrogens is 358 g/mol. The van der Waals surface area contributed by atoms with E-state index in [9.17, 15) is 8.42 Å². The molecule has 3 aliphatic rings. The van der Waals surface area contributed by atoms with Gasteiger partial charge in [-0.15, -0.1) is 11.3 Å². The minimum atomic E-state index is -2.96. The van der Waals surface area contributed by atoms with Gasteiger partial charge in [0.25, 0.3) is 0 Å². The number of rotatable bonds is 5. The Morgan fingerprint density at radius 3 is 2.64 bits per heavy atom. The highest BCUT2D eigenvalue weighted by Gasteiger charge is 2.46. The van der Waals surface area contributed by atoms with Crippen molar-refractivity contribution in [2.24, 2.45) is 0 Å². The lowest BCUT2D eigenvalue weighted by molar-refractivity contribution is 0.0252. The Hall–Kier alpha value is -0.540. The SMILES string of the molecule is COCCN1CCN(Cc2nc3c(s2)CCCC3)[C@H]2CS(=O)(=O)C[C@H]21. The standard InChI is InChI=1S/C17H27N3O3S2/c1-23-9-8-19-6-7-20(15-12-25(21,22)11-14(15)19)10-17-18-13-4-2-3-5-16(13)24-17/h14-15H,2-12H2,1H3/t14-,15+/m1/s1. The zero-order valence-corrected chi connectivity index (χ0v) is 16.4. The van der Waals surface area contributed by atoms with Crippen LogP contribution in [0.5, 0.6) is 0 Å². The molecule has 1 aromatic rings. The van der Waals surface area contributed by atoms with Crippen LogP contribution in [0.1, 0.15) is 28.4 Å². The predicted octanol–water partition coefficient (Wildman–Crippen LogP) is 0.952. The van der Waals surface area contributed by atoms with Gasteiger partial charge < -0.3 is 4.74 Å². The van der Waals surface area contributed by atoms with Crippen LogP contribution < -0.4 is 0 Å². The minimum Gasteiger partial charge on any atom is -0.383 e. The fraction of sp³-hybridized carbons (Fsp3) is 0.824. The molecule has 8 heteroatoms. The van der Waals surface area contributed by atoms with Crippen molar-refractivity contribution in [2.75, 3.05) is 44.9 Å². The monoisotopic (exact) mass is 385 g/mol. The summed E-state index contributed by atoms with van der Waals surface area (Å²) in [6.07, 6.45) is 4.79. The van der Waals surface area contributed by atoms with Gasteiger partial charge in [-0.05, 0) is 25.7 Å². The van der Waals surface area contributed by atoms with Gasteiger partial charge in [0.2, 0.25) is 0 Å². The van der Waals surface area contributed by atoms with E-state index < -0.39 is 9.84 Å². The fourth-order valence-corrected chi connectivity index (χ4v) is 7.65. The number of aromatic nitrogens is 1. The number of aryl methyl sites for hydroxylation is 2. The summed E-state index contributed by atoms with van der Waals surface area (Å²) in [4.78, 5) is 11.0. The van der Waals surface area contributed by atoms with Crippen molar-refractivity contribution in [1.82, 2.24) is 14.8 Å². The molecule has 2 aliphatic heterocycles. The van der Waals surface area contributed by atoms with Crippen LogP contribution in [0.4, 0.5) is 0 Å². The van der Waals surface area contributed by atoms with Gasteiger partial charge >= 0.3 is 0 Å². The molecule has 0 aromatic carbocycles. The van der Waals surface area contributed by atoms with Gasteiger partial charge in [0.1, 0.15) is 5.01 Å². The van der Waals surface area contributed by atoms with Crippen LogP contribution in [0.15, 0.2) is 0 Å². The van der Waals surface area contributed by atoms with E-state index in [-0.39, 0.29) is 23.6 Å². The van der Waals surface area contributed by atoms with Gasteiger partial charge in [-0.2, -0.15) is 0 Å². The van der Waals surface area contributed by atoms with E-state index >= 15 is 0 Å². The van der Waals surface area contributed by atoms with Crippen LogP contribution >= 0.6 is 11.3 Å². The van der Waals surface area contributed by atoms with Gasteiger partial charge in [0.05, 0.1) is 30.4 Å². The number of thiazole rings is 1. The second-order valence-electron chi connectivity index (χ2n) is 7.40. The smallest absolute Gasteiger partial charge is 0.153 e. The maximum Gasteiger partial charge on any atom is 0.153 e. The van der Waals surface area contributed by atoms with Crippen molar-refractivity contribution < 1.29 is 13.2 Å². The average Bonchev–Trinajstić information content (AvgIpc) is 3.13. The Morgan fingerprint density at radius 1 is 1.16 bits per heavy atom. The lowest BCUT2D eigenvalue weighted by Gasteiger charge is -2.43. The number of ether oxygens (including phenoxy) is 1. The number of methoxy groups -OCH3 is 1. The predicted molar refractivity (Wildman–Crippen MR) is 98.8 cm³/mol. The Labute approximate surface area is 154 Å². The zero-order chi connectivity index (χ0) is 17.4. The third-order valence-electron chi connectivity index (χ3n) is 5.72. The number of sulfone groups is 1. The van der Waals surface area contributed by atoms with Crippen molar-refractivity contribution in [2.45, 2.75) is 44.3 Å². The number of fused-ring (bicyclic) bond motifs is 2. The lowest BCUT2D eigenvalue weighted by Crippen LogP contribution is -2.59. The summed E-state index contributed by atoms with van der Waals surface area (Å²) in [7, 11) is -1.26. The average molecular weight is 386 g/mol. The third kappa shape index (κ3) is 3.78. The van der Waals surface area contributed by atoms with Crippen molar-refractivity contribution in [3.05, 3.63) is 15.6 Å². The molecule has 25 heavy (non-hydrogen) atoms. The Kier molecular flexibility index (Phi) is 5.16. The zero-order valence-electron chi connectivity index (χ0n) is 14.8. The Bertz CT molecular complexity index is 695. The molecule has 2 saturated heterocycles. The van der Waals surface area contributed by atoms with Crippen molar-refractivity contribution in [3.8, 4) is 0 Å². The molecule has 0 unspecified atom stereocenters. The number of hydrogen-bond acceptors (Lipinski definition) is 7. The molecule has 0 amide bonds. The summed E-state index contributed by atoms with van der Waals surface area (Å²) in [5.74, 6) is 0.568. The molecule has 0 saturated carbocycles. The third-order valence-corrected chi connectivity index (χ3v) is 8.56. The summed E-state index contributed by atoms with van der Waals surface area (Å²) in [5.41, 5.74) is 1.29. The van der Waals surface area contributed by atoms with Gasteiger partial charge in [-0.1, -0.05) is 0 Å². The second kappa shape index (κ2) is 7.23. The molecule has 1 aromatic heterocycles. The topological polar surface area (TPSA) is 62.7 Å². The molecule has 0 N–H and O–H groups in total. The lowest BCUT2D eigenvalue weighted by atomic mass is 10.0. The first-order valence-corrected chi connectivity index (χ1v) is 11.8. The molecule has 140 valence electrons. The summed E-state index contributed by atoms with van der Waals surface area (Å²) in [6.45, 7) is 4.08. The summed E-state index contributed by atoms with van der Waals surface area (Å²) >= 11 is 1.84. The maximum atomic E-state index is 12.3. The molecule has 2 fully saturated rings. The second-order valence-corrected chi connectivity index (χ2v) is 10.7. The highest BCUT2D eigenvalue weighted by Crippen LogP contribution is 2.31.